The fourth-order valence-corrected chi connectivity index (χ4v) is 4.72. The molecule has 0 saturated carbocycles. The van der Waals surface area contributed by atoms with Crippen molar-refractivity contribution in [3.8, 4) is 34.4 Å². The Morgan fingerprint density at radius 2 is 1.83 bits per heavy atom. The van der Waals surface area contributed by atoms with Crippen molar-refractivity contribution < 1.29 is 28.5 Å². The number of aromatic hydroxyl groups is 1. The highest BCUT2D eigenvalue weighted by atomic mass is 19.1. The van der Waals surface area contributed by atoms with Crippen molar-refractivity contribution in [3.05, 3.63) is 77.0 Å². The molecule has 0 fully saturated rings. The van der Waals surface area contributed by atoms with E-state index in [1.807, 2.05) is 13.8 Å². The van der Waals surface area contributed by atoms with Gasteiger partial charge in [-0.2, -0.15) is 5.26 Å². The van der Waals surface area contributed by atoms with Crippen molar-refractivity contribution in [1.82, 2.24) is 4.57 Å². The standard InChI is InChI=1S/C28H24F2N2O4/c1-15-17(6-5-7-18(15)27(34)35)23-24-21(11-10-20(30)25(24)33)32(26(23)28(2,3)12-13-31)16-8-9-19(29)22(14-16)36-4/h5-11,14,33H,12H2,1-4H3,(H,34,35). The summed E-state index contributed by atoms with van der Waals surface area (Å²) in [6.45, 7) is 5.30. The van der Waals surface area contributed by atoms with Crippen molar-refractivity contribution in [2.75, 3.05) is 7.11 Å². The van der Waals surface area contributed by atoms with Crippen LogP contribution in [0.4, 0.5) is 8.78 Å². The van der Waals surface area contributed by atoms with Crippen LogP contribution < -0.4 is 4.74 Å². The number of rotatable bonds is 6. The van der Waals surface area contributed by atoms with Crippen molar-refractivity contribution >= 4 is 16.9 Å². The molecule has 2 N–H and O–H groups in total. The smallest absolute Gasteiger partial charge is 0.335 e. The van der Waals surface area contributed by atoms with E-state index in [0.717, 1.165) is 6.07 Å². The number of hydrogen-bond donors (Lipinski definition) is 2. The van der Waals surface area contributed by atoms with Gasteiger partial charge in [0, 0.05) is 34.8 Å². The number of benzene rings is 3. The summed E-state index contributed by atoms with van der Waals surface area (Å²) in [7, 11) is 1.34. The number of carboxylic acids is 1. The number of nitriles is 1. The molecule has 0 amide bonds. The van der Waals surface area contributed by atoms with Gasteiger partial charge in [-0.3, -0.25) is 0 Å². The second-order valence-corrected chi connectivity index (χ2v) is 9.17. The lowest BCUT2D eigenvalue weighted by atomic mass is 9.80. The summed E-state index contributed by atoms with van der Waals surface area (Å²) in [5, 5.41) is 30.5. The number of phenols is 1. The zero-order valence-corrected chi connectivity index (χ0v) is 20.2. The number of hydrogen-bond acceptors (Lipinski definition) is 4. The molecular formula is C28H24F2N2O4. The first-order valence-corrected chi connectivity index (χ1v) is 11.1. The zero-order valence-electron chi connectivity index (χ0n) is 20.2. The third-order valence-corrected chi connectivity index (χ3v) is 6.45. The number of carboxylic acid groups (broad SMARTS) is 1. The molecule has 8 heteroatoms. The SMILES string of the molecule is COc1cc(-n2c(C(C)(C)CC#N)c(-c3cccc(C(=O)O)c3C)c3c(O)c(F)ccc32)ccc1F. The summed E-state index contributed by atoms with van der Waals surface area (Å²) >= 11 is 0. The van der Waals surface area contributed by atoms with Gasteiger partial charge in [0.25, 0.3) is 0 Å². The Balaban J connectivity index is 2.29. The van der Waals surface area contributed by atoms with Crippen LogP contribution in [0.25, 0.3) is 27.7 Å². The summed E-state index contributed by atoms with van der Waals surface area (Å²) < 4.78 is 35.9. The molecule has 4 aromatic rings. The average Bonchev–Trinajstić information content (AvgIpc) is 3.18. The molecule has 3 aromatic carbocycles. The van der Waals surface area contributed by atoms with E-state index in [0.29, 0.717) is 33.6 Å². The number of nitrogens with zero attached hydrogens (tertiary/aromatic N) is 2. The Morgan fingerprint density at radius 1 is 1.14 bits per heavy atom. The maximum Gasteiger partial charge on any atom is 0.335 e. The van der Waals surface area contributed by atoms with Crippen LogP contribution in [-0.2, 0) is 5.41 Å². The average molecular weight is 491 g/mol. The van der Waals surface area contributed by atoms with Crippen LogP contribution in [-0.4, -0.2) is 27.9 Å². The highest BCUT2D eigenvalue weighted by Crippen LogP contribution is 2.48. The van der Waals surface area contributed by atoms with Crippen LogP contribution in [0.3, 0.4) is 0 Å². The molecule has 0 unspecified atom stereocenters. The fraction of sp³-hybridized carbons (Fsp3) is 0.214. The molecule has 6 nitrogen and oxygen atoms in total. The molecule has 0 spiro atoms. The van der Waals surface area contributed by atoms with Gasteiger partial charge in [0.2, 0.25) is 0 Å². The van der Waals surface area contributed by atoms with Crippen LogP contribution in [0.15, 0.2) is 48.5 Å². The fourth-order valence-electron chi connectivity index (χ4n) is 4.72. The molecule has 0 aliphatic carbocycles. The van der Waals surface area contributed by atoms with E-state index in [2.05, 4.69) is 6.07 Å². The first-order valence-electron chi connectivity index (χ1n) is 11.1. The number of halogens is 2. The second-order valence-electron chi connectivity index (χ2n) is 9.17. The Hall–Kier alpha value is -4.38. The molecule has 36 heavy (non-hydrogen) atoms. The minimum Gasteiger partial charge on any atom is -0.504 e. The van der Waals surface area contributed by atoms with E-state index in [-0.39, 0.29) is 23.1 Å². The van der Waals surface area contributed by atoms with Crippen molar-refractivity contribution in [2.45, 2.75) is 32.6 Å². The molecular weight excluding hydrogens is 466 g/mol. The number of phenolic OH excluding ortho intramolecular Hbond substituents is 1. The number of ether oxygens (including phenoxy) is 1. The minimum atomic E-state index is -1.13. The maximum atomic E-state index is 14.7. The minimum absolute atomic E-state index is 0.0182. The molecule has 4 rings (SSSR count). The lowest BCUT2D eigenvalue weighted by molar-refractivity contribution is 0.0696. The predicted octanol–water partition coefficient (Wildman–Crippen LogP) is 6.49. The topological polar surface area (TPSA) is 95.5 Å². The first kappa shape index (κ1) is 24.7. The lowest BCUT2D eigenvalue weighted by Crippen LogP contribution is -2.22. The third kappa shape index (κ3) is 3.83. The maximum absolute atomic E-state index is 14.7. The quantitative estimate of drug-likeness (QED) is 0.322. The summed E-state index contributed by atoms with van der Waals surface area (Å²) in [5.41, 5.74) is 1.86. The summed E-state index contributed by atoms with van der Waals surface area (Å²) in [6, 6.07) is 13.8. The molecule has 0 aliphatic heterocycles. The summed E-state index contributed by atoms with van der Waals surface area (Å²) in [5.74, 6) is -3.18. The number of fused-ring (bicyclic) bond motifs is 1. The Bertz CT molecular complexity index is 1560. The van der Waals surface area contributed by atoms with Crippen LogP contribution in [0.2, 0.25) is 0 Å². The molecule has 0 bridgehead atoms. The van der Waals surface area contributed by atoms with Crippen LogP contribution in [0, 0.1) is 29.9 Å². The highest BCUT2D eigenvalue weighted by molar-refractivity contribution is 6.05. The number of methoxy groups -OCH3 is 1. The monoisotopic (exact) mass is 490 g/mol. The summed E-state index contributed by atoms with van der Waals surface area (Å²) in [6.07, 6.45) is 0.0512. The van der Waals surface area contributed by atoms with Gasteiger partial charge in [0.15, 0.2) is 23.1 Å². The summed E-state index contributed by atoms with van der Waals surface area (Å²) in [4.78, 5) is 11.9. The van der Waals surface area contributed by atoms with Gasteiger partial charge in [-0.15, -0.1) is 0 Å². The molecule has 0 saturated heterocycles. The van der Waals surface area contributed by atoms with Crippen LogP contribution in [0.5, 0.6) is 11.5 Å². The van der Waals surface area contributed by atoms with E-state index in [4.69, 9.17) is 4.74 Å². The van der Waals surface area contributed by atoms with Crippen LogP contribution in [0.1, 0.15) is 41.9 Å². The van der Waals surface area contributed by atoms with Gasteiger partial charge in [-0.05, 0) is 48.4 Å². The Morgan fingerprint density at radius 3 is 2.47 bits per heavy atom. The van der Waals surface area contributed by atoms with Crippen molar-refractivity contribution in [3.63, 3.8) is 0 Å². The van der Waals surface area contributed by atoms with E-state index in [1.54, 1.807) is 23.6 Å². The second kappa shape index (κ2) is 9.00. The molecule has 1 heterocycles. The largest absolute Gasteiger partial charge is 0.504 e. The normalized spacial score (nSPS) is 11.5. The third-order valence-electron chi connectivity index (χ3n) is 6.45. The molecule has 184 valence electrons. The van der Waals surface area contributed by atoms with Gasteiger partial charge in [-0.1, -0.05) is 26.0 Å². The van der Waals surface area contributed by atoms with Crippen molar-refractivity contribution in [2.24, 2.45) is 0 Å². The van der Waals surface area contributed by atoms with Gasteiger partial charge in [0.05, 0.1) is 29.6 Å². The Kier molecular flexibility index (Phi) is 6.19. The highest BCUT2D eigenvalue weighted by Gasteiger charge is 2.34. The number of carbonyl (C=O) groups is 1. The molecule has 0 aliphatic rings. The van der Waals surface area contributed by atoms with E-state index >= 15 is 0 Å². The predicted molar refractivity (Wildman–Crippen MR) is 132 cm³/mol. The molecule has 0 atom stereocenters. The number of aromatic carboxylic acids is 1. The van der Waals surface area contributed by atoms with E-state index in [9.17, 15) is 29.1 Å². The molecule has 0 radical (unpaired) electrons. The Labute approximate surface area is 206 Å². The van der Waals surface area contributed by atoms with Crippen molar-refractivity contribution in [1.29, 1.82) is 5.26 Å². The van der Waals surface area contributed by atoms with Gasteiger partial charge in [-0.25, -0.2) is 13.6 Å². The van der Waals surface area contributed by atoms with Gasteiger partial charge in [0.1, 0.15) is 0 Å². The molecule has 1 aromatic heterocycles. The van der Waals surface area contributed by atoms with E-state index in [1.165, 1.54) is 37.4 Å². The lowest BCUT2D eigenvalue weighted by Gasteiger charge is -2.27. The van der Waals surface area contributed by atoms with Crippen LogP contribution >= 0.6 is 0 Å². The zero-order chi connectivity index (χ0) is 26.4. The first-order chi connectivity index (χ1) is 17.0. The number of aromatic nitrogens is 1. The van der Waals surface area contributed by atoms with E-state index < -0.39 is 28.8 Å². The van der Waals surface area contributed by atoms with Gasteiger partial charge >= 0.3 is 5.97 Å². The van der Waals surface area contributed by atoms with Gasteiger partial charge < -0.3 is 19.5 Å².